The molecule has 5 nitrogen and oxygen atoms in total. The second kappa shape index (κ2) is 7.14. The number of carbonyl (C=O) groups is 1. The predicted molar refractivity (Wildman–Crippen MR) is 104 cm³/mol. The second-order valence-electron chi connectivity index (χ2n) is 6.64. The van der Waals surface area contributed by atoms with Crippen LogP contribution < -0.4 is 10.6 Å². The minimum absolute atomic E-state index is 0.425. The molecular formula is C21H22N4O. The number of primary amides is 1. The van der Waals surface area contributed by atoms with Crippen LogP contribution in [0, 0.1) is 0 Å². The van der Waals surface area contributed by atoms with Crippen LogP contribution in [0.2, 0.25) is 0 Å². The average molecular weight is 346 g/mol. The SMILES string of the molecule is NC(=O)c1cccnc1N1CCN(Cc2cccc3ccccc23)CC1. The smallest absolute Gasteiger partial charge is 0.252 e. The third kappa shape index (κ3) is 3.26. The van der Waals surface area contributed by atoms with Crippen LogP contribution in [0.5, 0.6) is 0 Å². The number of fused-ring (bicyclic) bond motifs is 1. The van der Waals surface area contributed by atoms with Gasteiger partial charge in [0.15, 0.2) is 0 Å². The molecule has 0 aliphatic carbocycles. The molecule has 1 fully saturated rings. The molecule has 1 amide bonds. The molecule has 4 rings (SSSR count). The first-order valence-corrected chi connectivity index (χ1v) is 8.91. The fourth-order valence-corrected chi connectivity index (χ4v) is 3.63. The summed E-state index contributed by atoms with van der Waals surface area (Å²) in [4.78, 5) is 20.6. The zero-order chi connectivity index (χ0) is 17.9. The minimum Gasteiger partial charge on any atom is -0.365 e. The van der Waals surface area contributed by atoms with Crippen LogP contribution in [0.3, 0.4) is 0 Å². The molecule has 1 aliphatic heterocycles. The summed E-state index contributed by atoms with van der Waals surface area (Å²) in [6.07, 6.45) is 1.71. The molecule has 2 N–H and O–H groups in total. The lowest BCUT2D eigenvalue weighted by Crippen LogP contribution is -2.46. The fourth-order valence-electron chi connectivity index (χ4n) is 3.63. The molecular weight excluding hydrogens is 324 g/mol. The Bertz CT molecular complexity index is 927. The van der Waals surface area contributed by atoms with Gasteiger partial charge in [-0.25, -0.2) is 4.98 Å². The van der Waals surface area contributed by atoms with Crippen molar-refractivity contribution in [1.82, 2.24) is 9.88 Å². The summed E-state index contributed by atoms with van der Waals surface area (Å²) in [6, 6.07) is 18.5. The van der Waals surface area contributed by atoms with E-state index < -0.39 is 5.91 Å². The summed E-state index contributed by atoms with van der Waals surface area (Å²) in [5, 5.41) is 2.60. The van der Waals surface area contributed by atoms with Crippen LogP contribution in [0.15, 0.2) is 60.8 Å². The summed E-state index contributed by atoms with van der Waals surface area (Å²) in [5.41, 5.74) is 7.34. The van der Waals surface area contributed by atoms with Gasteiger partial charge in [-0.15, -0.1) is 0 Å². The van der Waals surface area contributed by atoms with Crippen LogP contribution in [-0.2, 0) is 6.54 Å². The lowest BCUT2D eigenvalue weighted by molar-refractivity contribution is 0.1000. The van der Waals surface area contributed by atoms with E-state index in [1.807, 2.05) is 0 Å². The van der Waals surface area contributed by atoms with Crippen molar-refractivity contribution in [2.45, 2.75) is 6.54 Å². The average Bonchev–Trinajstić information content (AvgIpc) is 2.69. The highest BCUT2D eigenvalue weighted by Crippen LogP contribution is 2.22. The standard InChI is InChI=1S/C21H22N4O/c22-20(26)19-9-4-10-23-21(19)25-13-11-24(12-14-25)15-17-7-3-6-16-5-1-2-8-18(16)17/h1-10H,11-15H2,(H2,22,26). The maximum atomic E-state index is 11.6. The minimum atomic E-state index is -0.425. The Hall–Kier alpha value is -2.92. The summed E-state index contributed by atoms with van der Waals surface area (Å²) in [7, 11) is 0. The van der Waals surface area contributed by atoms with Crippen LogP contribution in [0.1, 0.15) is 15.9 Å². The number of piperazine rings is 1. The third-order valence-electron chi connectivity index (χ3n) is 5.00. The molecule has 1 aliphatic rings. The number of benzene rings is 2. The normalized spacial score (nSPS) is 15.3. The number of rotatable bonds is 4. The van der Waals surface area contributed by atoms with Gasteiger partial charge in [0, 0.05) is 38.9 Å². The molecule has 0 saturated carbocycles. The number of hydrogen-bond acceptors (Lipinski definition) is 4. The molecule has 1 aromatic heterocycles. The monoisotopic (exact) mass is 346 g/mol. The number of pyridine rings is 1. The van der Waals surface area contributed by atoms with Crippen LogP contribution in [0.4, 0.5) is 5.82 Å². The van der Waals surface area contributed by atoms with Gasteiger partial charge in [0.1, 0.15) is 5.82 Å². The first-order valence-electron chi connectivity index (χ1n) is 8.91. The third-order valence-corrected chi connectivity index (χ3v) is 5.00. The second-order valence-corrected chi connectivity index (χ2v) is 6.64. The molecule has 132 valence electrons. The number of hydrogen-bond donors (Lipinski definition) is 1. The topological polar surface area (TPSA) is 62.5 Å². The van der Waals surface area contributed by atoms with Gasteiger partial charge < -0.3 is 10.6 Å². The maximum absolute atomic E-state index is 11.6. The zero-order valence-corrected chi connectivity index (χ0v) is 14.6. The number of nitrogens with two attached hydrogens (primary N) is 1. The van der Waals surface area contributed by atoms with Crippen molar-refractivity contribution < 1.29 is 4.79 Å². The Balaban J connectivity index is 1.47. The van der Waals surface area contributed by atoms with E-state index in [1.54, 1.807) is 18.3 Å². The molecule has 0 atom stereocenters. The Labute approximate surface area is 153 Å². The number of aromatic nitrogens is 1. The van der Waals surface area contributed by atoms with E-state index in [1.165, 1.54) is 16.3 Å². The molecule has 0 spiro atoms. The summed E-state index contributed by atoms with van der Waals surface area (Å²) in [6.45, 7) is 4.46. The number of anilines is 1. The Kier molecular flexibility index (Phi) is 4.54. The van der Waals surface area contributed by atoms with Crippen LogP contribution in [0.25, 0.3) is 10.8 Å². The van der Waals surface area contributed by atoms with E-state index in [9.17, 15) is 4.79 Å². The van der Waals surface area contributed by atoms with Crippen molar-refractivity contribution >= 4 is 22.5 Å². The van der Waals surface area contributed by atoms with Crippen molar-refractivity contribution in [2.24, 2.45) is 5.73 Å². The van der Waals surface area contributed by atoms with E-state index in [0.29, 0.717) is 11.4 Å². The van der Waals surface area contributed by atoms with Gasteiger partial charge >= 0.3 is 0 Å². The van der Waals surface area contributed by atoms with E-state index >= 15 is 0 Å². The van der Waals surface area contributed by atoms with Crippen LogP contribution in [-0.4, -0.2) is 42.0 Å². The summed E-state index contributed by atoms with van der Waals surface area (Å²) in [5.74, 6) is 0.274. The van der Waals surface area contributed by atoms with Crippen molar-refractivity contribution in [2.75, 3.05) is 31.1 Å². The van der Waals surface area contributed by atoms with Gasteiger partial charge in [0.25, 0.3) is 5.91 Å². The van der Waals surface area contributed by atoms with Gasteiger partial charge in [0.2, 0.25) is 0 Å². The zero-order valence-electron chi connectivity index (χ0n) is 14.6. The molecule has 0 bridgehead atoms. The first kappa shape index (κ1) is 16.5. The van der Waals surface area contributed by atoms with E-state index in [-0.39, 0.29) is 0 Å². The highest BCUT2D eigenvalue weighted by Gasteiger charge is 2.22. The molecule has 1 saturated heterocycles. The number of carbonyl (C=O) groups excluding carboxylic acids is 1. The van der Waals surface area contributed by atoms with Crippen molar-refractivity contribution in [3.63, 3.8) is 0 Å². The largest absolute Gasteiger partial charge is 0.365 e. The molecule has 3 aromatic rings. The van der Waals surface area contributed by atoms with E-state index in [0.717, 1.165) is 32.7 Å². The highest BCUT2D eigenvalue weighted by molar-refractivity contribution is 5.97. The Morgan fingerprint density at radius 3 is 2.54 bits per heavy atom. The van der Waals surface area contributed by atoms with Crippen LogP contribution >= 0.6 is 0 Å². The van der Waals surface area contributed by atoms with Gasteiger partial charge in [-0.3, -0.25) is 9.69 Å². The van der Waals surface area contributed by atoms with Crippen molar-refractivity contribution in [1.29, 1.82) is 0 Å². The molecule has 26 heavy (non-hydrogen) atoms. The molecule has 2 aromatic carbocycles. The number of nitrogens with zero attached hydrogens (tertiary/aromatic N) is 3. The van der Waals surface area contributed by atoms with Gasteiger partial charge in [-0.2, -0.15) is 0 Å². The fraction of sp³-hybridized carbons (Fsp3) is 0.238. The lowest BCUT2D eigenvalue weighted by atomic mass is 10.0. The van der Waals surface area contributed by atoms with Gasteiger partial charge in [-0.1, -0.05) is 42.5 Å². The van der Waals surface area contributed by atoms with Crippen molar-refractivity contribution in [3.05, 3.63) is 71.9 Å². The molecule has 5 heteroatoms. The Morgan fingerprint density at radius 2 is 1.73 bits per heavy atom. The van der Waals surface area contributed by atoms with E-state index in [2.05, 4.69) is 57.2 Å². The van der Waals surface area contributed by atoms with Crippen molar-refractivity contribution in [3.8, 4) is 0 Å². The lowest BCUT2D eigenvalue weighted by Gasteiger charge is -2.36. The number of amides is 1. The summed E-state index contributed by atoms with van der Waals surface area (Å²) < 4.78 is 0. The highest BCUT2D eigenvalue weighted by atomic mass is 16.1. The maximum Gasteiger partial charge on any atom is 0.252 e. The molecule has 2 heterocycles. The Morgan fingerprint density at radius 1 is 0.962 bits per heavy atom. The predicted octanol–water partition coefficient (Wildman–Crippen LogP) is 2.66. The molecule has 0 unspecified atom stereocenters. The van der Waals surface area contributed by atoms with Gasteiger partial charge in [-0.05, 0) is 28.5 Å². The summed E-state index contributed by atoms with van der Waals surface area (Å²) >= 11 is 0. The van der Waals surface area contributed by atoms with E-state index in [4.69, 9.17) is 5.73 Å². The quantitative estimate of drug-likeness (QED) is 0.789. The molecule has 0 radical (unpaired) electrons. The first-order chi connectivity index (χ1) is 12.7. The van der Waals surface area contributed by atoms with Gasteiger partial charge in [0.05, 0.1) is 5.56 Å².